The molecule has 2 N–H and O–H groups in total. The van der Waals surface area contributed by atoms with Crippen LogP contribution < -0.4 is 10.6 Å². The molecular formula is C19H17N3O5. The number of esters is 1. The Morgan fingerprint density at radius 1 is 1.04 bits per heavy atom. The fourth-order valence-electron chi connectivity index (χ4n) is 2.94. The van der Waals surface area contributed by atoms with Crippen LogP contribution in [0, 0.1) is 0 Å². The maximum Gasteiger partial charge on any atom is 0.328 e. The van der Waals surface area contributed by atoms with Gasteiger partial charge in [0.2, 0.25) is 6.41 Å². The van der Waals surface area contributed by atoms with Crippen LogP contribution in [0.5, 0.6) is 0 Å². The van der Waals surface area contributed by atoms with Crippen molar-refractivity contribution in [2.45, 2.75) is 5.54 Å². The van der Waals surface area contributed by atoms with Crippen LogP contribution in [0.25, 0.3) is 0 Å². The second-order valence-electron chi connectivity index (χ2n) is 5.79. The summed E-state index contributed by atoms with van der Waals surface area (Å²) >= 11 is 0. The van der Waals surface area contributed by atoms with E-state index >= 15 is 0 Å². The summed E-state index contributed by atoms with van der Waals surface area (Å²) in [4.78, 5) is 48.4. The number of carbonyl (C=O) groups excluding carboxylic acids is 4. The Bertz CT molecular complexity index is 815. The Balaban J connectivity index is 1.92. The van der Waals surface area contributed by atoms with Crippen LogP contribution in [0.1, 0.15) is 11.1 Å². The minimum atomic E-state index is -1.41. The lowest BCUT2D eigenvalue weighted by Crippen LogP contribution is -2.45. The Kier molecular flexibility index (Phi) is 5.16. The molecule has 1 saturated heterocycles. The molecule has 8 nitrogen and oxygen atoms in total. The summed E-state index contributed by atoms with van der Waals surface area (Å²) in [6.45, 7) is -0.902. The molecule has 0 saturated carbocycles. The van der Waals surface area contributed by atoms with E-state index in [2.05, 4.69) is 10.6 Å². The van der Waals surface area contributed by atoms with Gasteiger partial charge in [-0.15, -0.1) is 0 Å². The van der Waals surface area contributed by atoms with Gasteiger partial charge in [0.05, 0.1) is 0 Å². The standard InChI is InChI=1S/C19H17N3O5/c23-12-20-11-16(24)27-13-22-17(25)19(21-18(22)26,14-7-3-1-4-8-14)15-9-5-2-6-10-15/h1-10,12H,11,13H2,(H,20,23)(H,21,26). The molecule has 138 valence electrons. The van der Waals surface area contributed by atoms with Crippen molar-refractivity contribution in [3.8, 4) is 0 Å². The van der Waals surface area contributed by atoms with Gasteiger partial charge in [-0.2, -0.15) is 0 Å². The summed E-state index contributed by atoms with van der Waals surface area (Å²) in [5.74, 6) is -1.32. The molecule has 1 aliphatic heterocycles. The van der Waals surface area contributed by atoms with Gasteiger partial charge in [0.25, 0.3) is 5.91 Å². The van der Waals surface area contributed by atoms with Gasteiger partial charge in [-0.1, -0.05) is 60.7 Å². The van der Waals surface area contributed by atoms with Crippen molar-refractivity contribution in [1.29, 1.82) is 0 Å². The first-order valence-electron chi connectivity index (χ1n) is 8.17. The predicted molar refractivity (Wildman–Crippen MR) is 94.1 cm³/mol. The SMILES string of the molecule is O=CNCC(=O)OCN1C(=O)NC(c2ccccc2)(c2ccccc2)C1=O. The van der Waals surface area contributed by atoms with Crippen molar-refractivity contribution in [3.05, 3.63) is 71.8 Å². The summed E-state index contributed by atoms with van der Waals surface area (Å²) in [5.41, 5.74) is -0.232. The predicted octanol–water partition coefficient (Wildman–Crippen LogP) is 0.729. The Hall–Kier alpha value is -3.68. The van der Waals surface area contributed by atoms with Crippen molar-refractivity contribution in [1.82, 2.24) is 15.5 Å². The summed E-state index contributed by atoms with van der Waals surface area (Å²) in [7, 11) is 0. The number of urea groups is 1. The molecule has 0 radical (unpaired) electrons. The molecule has 0 bridgehead atoms. The van der Waals surface area contributed by atoms with E-state index in [1.165, 1.54) is 0 Å². The second-order valence-corrected chi connectivity index (χ2v) is 5.79. The first kappa shape index (κ1) is 18.1. The highest BCUT2D eigenvalue weighted by atomic mass is 16.5. The van der Waals surface area contributed by atoms with Crippen LogP contribution in [0.3, 0.4) is 0 Å². The lowest BCUT2D eigenvalue weighted by Gasteiger charge is -2.27. The van der Waals surface area contributed by atoms with Crippen molar-refractivity contribution in [2.24, 2.45) is 0 Å². The first-order valence-corrected chi connectivity index (χ1v) is 8.17. The number of amides is 4. The molecule has 0 spiro atoms. The van der Waals surface area contributed by atoms with Crippen molar-refractivity contribution in [3.63, 3.8) is 0 Å². The third kappa shape index (κ3) is 3.37. The zero-order valence-electron chi connectivity index (χ0n) is 14.3. The van der Waals surface area contributed by atoms with Gasteiger partial charge in [0, 0.05) is 0 Å². The van der Waals surface area contributed by atoms with Crippen molar-refractivity contribution < 1.29 is 23.9 Å². The molecule has 2 aromatic rings. The van der Waals surface area contributed by atoms with E-state index in [-0.39, 0.29) is 6.54 Å². The third-order valence-electron chi connectivity index (χ3n) is 4.20. The normalized spacial score (nSPS) is 15.2. The molecule has 2 aromatic carbocycles. The number of carbonyl (C=O) groups is 4. The molecule has 8 heteroatoms. The molecule has 4 amide bonds. The van der Waals surface area contributed by atoms with Crippen LogP contribution in [0.15, 0.2) is 60.7 Å². The molecule has 1 heterocycles. The van der Waals surface area contributed by atoms with E-state index in [0.29, 0.717) is 17.5 Å². The summed E-state index contributed by atoms with van der Waals surface area (Å²) < 4.78 is 4.92. The molecule has 0 atom stereocenters. The minimum Gasteiger partial charge on any atom is -0.442 e. The van der Waals surface area contributed by atoms with E-state index in [1.807, 2.05) is 12.1 Å². The largest absolute Gasteiger partial charge is 0.442 e. The Morgan fingerprint density at radius 2 is 1.59 bits per heavy atom. The van der Waals surface area contributed by atoms with E-state index in [9.17, 15) is 19.2 Å². The van der Waals surface area contributed by atoms with Crippen molar-refractivity contribution in [2.75, 3.05) is 13.3 Å². The number of nitrogens with zero attached hydrogens (tertiary/aromatic N) is 1. The minimum absolute atomic E-state index is 0.352. The van der Waals surface area contributed by atoms with Gasteiger partial charge in [0.1, 0.15) is 6.54 Å². The quantitative estimate of drug-likeness (QED) is 0.426. The third-order valence-corrected chi connectivity index (χ3v) is 4.20. The fraction of sp³-hybridized carbons (Fsp3) is 0.158. The van der Waals surface area contributed by atoms with E-state index in [0.717, 1.165) is 4.90 Å². The first-order chi connectivity index (χ1) is 13.1. The Morgan fingerprint density at radius 3 is 2.11 bits per heavy atom. The van der Waals surface area contributed by atoms with Crippen LogP contribution in [-0.4, -0.2) is 42.5 Å². The lowest BCUT2D eigenvalue weighted by atomic mass is 9.83. The molecular weight excluding hydrogens is 350 g/mol. The van der Waals surface area contributed by atoms with Gasteiger partial charge >= 0.3 is 12.0 Å². The number of hydrogen-bond donors (Lipinski definition) is 2. The lowest BCUT2D eigenvalue weighted by molar-refractivity contribution is -0.149. The number of imide groups is 1. The number of hydrogen-bond acceptors (Lipinski definition) is 5. The highest BCUT2D eigenvalue weighted by Crippen LogP contribution is 2.35. The van der Waals surface area contributed by atoms with Gasteiger partial charge in [-0.05, 0) is 11.1 Å². The fourth-order valence-corrected chi connectivity index (χ4v) is 2.94. The number of rotatable bonds is 7. The molecule has 0 aliphatic carbocycles. The topological polar surface area (TPSA) is 105 Å². The Labute approximate surface area is 155 Å². The molecule has 1 fully saturated rings. The molecule has 0 aromatic heterocycles. The monoisotopic (exact) mass is 367 g/mol. The molecule has 0 unspecified atom stereocenters. The molecule has 27 heavy (non-hydrogen) atoms. The highest BCUT2D eigenvalue weighted by Gasteiger charge is 2.53. The molecule has 3 rings (SSSR count). The smallest absolute Gasteiger partial charge is 0.328 e. The van der Waals surface area contributed by atoms with Gasteiger partial charge in [-0.25, -0.2) is 9.69 Å². The molecule has 1 aliphatic rings. The van der Waals surface area contributed by atoms with Crippen LogP contribution in [-0.2, 0) is 24.7 Å². The van der Waals surface area contributed by atoms with Gasteiger partial charge < -0.3 is 15.4 Å². The maximum atomic E-state index is 13.2. The van der Waals surface area contributed by atoms with E-state index in [1.54, 1.807) is 48.5 Å². The number of ether oxygens (including phenoxy) is 1. The maximum absolute atomic E-state index is 13.2. The highest BCUT2D eigenvalue weighted by molar-refractivity contribution is 6.09. The van der Waals surface area contributed by atoms with E-state index < -0.39 is 30.2 Å². The van der Waals surface area contributed by atoms with Gasteiger partial charge in [0.15, 0.2) is 12.3 Å². The summed E-state index contributed by atoms with van der Waals surface area (Å²) in [5, 5.41) is 4.90. The number of benzene rings is 2. The average Bonchev–Trinajstić information content (AvgIpc) is 2.97. The zero-order chi connectivity index (χ0) is 19.3. The van der Waals surface area contributed by atoms with Crippen LogP contribution in [0.2, 0.25) is 0 Å². The zero-order valence-corrected chi connectivity index (χ0v) is 14.3. The van der Waals surface area contributed by atoms with Crippen LogP contribution >= 0.6 is 0 Å². The van der Waals surface area contributed by atoms with E-state index in [4.69, 9.17) is 4.74 Å². The average molecular weight is 367 g/mol. The summed E-state index contributed by atoms with van der Waals surface area (Å²) in [6, 6.07) is 17.0. The van der Waals surface area contributed by atoms with Crippen LogP contribution in [0.4, 0.5) is 4.79 Å². The number of nitrogens with one attached hydrogen (secondary N) is 2. The van der Waals surface area contributed by atoms with Gasteiger partial charge in [-0.3, -0.25) is 14.4 Å². The second kappa shape index (κ2) is 7.69. The van der Waals surface area contributed by atoms with Crippen molar-refractivity contribution >= 4 is 24.3 Å². The summed E-state index contributed by atoms with van der Waals surface area (Å²) in [6.07, 6.45) is 0.352.